The SMILES string of the molecule is CCOC(=O)CN(C(=O)N1CCC[C@H]1C(=O)O)C(C)C. The first-order valence-corrected chi connectivity index (χ1v) is 6.84. The molecule has 0 aliphatic carbocycles. The standard InChI is InChI=1S/C13H22N2O5/c1-4-20-11(16)8-15(9(2)3)13(19)14-7-5-6-10(14)12(17)18/h9-10H,4-8H2,1-3H3,(H,17,18)/t10-/m0/s1. The molecule has 1 heterocycles. The minimum Gasteiger partial charge on any atom is -0.480 e. The monoisotopic (exact) mass is 286 g/mol. The second-order valence-corrected chi connectivity index (χ2v) is 5.00. The lowest BCUT2D eigenvalue weighted by atomic mass is 10.2. The Morgan fingerprint density at radius 1 is 1.40 bits per heavy atom. The van der Waals surface area contributed by atoms with Crippen LogP contribution in [0.2, 0.25) is 0 Å². The van der Waals surface area contributed by atoms with E-state index in [0.717, 1.165) is 0 Å². The van der Waals surface area contributed by atoms with Gasteiger partial charge in [-0.2, -0.15) is 0 Å². The molecular formula is C13H22N2O5. The lowest BCUT2D eigenvalue weighted by Crippen LogP contribution is -2.51. The van der Waals surface area contributed by atoms with Gasteiger partial charge in [-0.3, -0.25) is 4.79 Å². The van der Waals surface area contributed by atoms with Crippen LogP contribution in [0, 0.1) is 0 Å². The van der Waals surface area contributed by atoms with Gasteiger partial charge in [-0.15, -0.1) is 0 Å². The van der Waals surface area contributed by atoms with E-state index in [1.807, 2.05) is 0 Å². The molecule has 0 spiro atoms. The fourth-order valence-corrected chi connectivity index (χ4v) is 2.23. The quantitative estimate of drug-likeness (QED) is 0.760. The molecule has 1 N–H and O–H groups in total. The summed E-state index contributed by atoms with van der Waals surface area (Å²) in [6, 6.07) is -1.43. The van der Waals surface area contributed by atoms with E-state index in [-0.39, 0.29) is 19.2 Å². The summed E-state index contributed by atoms with van der Waals surface area (Å²) >= 11 is 0. The van der Waals surface area contributed by atoms with Crippen LogP contribution >= 0.6 is 0 Å². The number of amides is 2. The summed E-state index contributed by atoms with van der Waals surface area (Å²) in [7, 11) is 0. The highest BCUT2D eigenvalue weighted by Crippen LogP contribution is 2.20. The first-order valence-electron chi connectivity index (χ1n) is 6.84. The molecular weight excluding hydrogens is 264 g/mol. The van der Waals surface area contributed by atoms with Crippen molar-refractivity contribution in [1.82, 2.24) is 9.80 Å². The number of urea groups is 1. The number of nitrogens with zero attached hydrogens (tertiary/aromatic N) is 2. The van der Waals surface area contributed by atoms with Gasteiger partial charge >= 0.3 is 18.0 Å². The number of hydrogen-bond donors (Lipinski definition) is 1. The highest BCUT2D eigenvalue weighted by Gasteiger charge is 2.37. The number of carboxylic acid groups (broad SMARTS) is 1. The first-order chi connectivity index (χ1) is 9.38. The van der Waals surface area contributed by atoms with Gasteiger partial charge in [0.2, 0.25) is 0 Å². The molecule has 2 amide bonds. The van der Waals surface area contributed by atoms with Crippen molar-refractivity contribution in [2.45, 2.75) is 45.7 Å². The van der Waals surface area contributed by atoms with Crippen molar-refractivity contribution in [2.24, 2.45) is 0 Å². The van der Waals surface area contributed by atoms with E-state index in [1.165, 1.54) is 9.80 Å². The summed E-state index contributed by atoms with van der Waals surface area (Å²) in [5, 5.41) is 9.12. The van der Waals surface area contributed by atoms with Gasteiger partial charge in [0.15, 0.2) is 0 Å². The molecule has 1 aliphatic heterocycles. The maximum absolute atomic E-state index is 12.4. The average molecular weight is 286 g/mol. The van der Waals surface area contributed by atoms with Gasteiger partial charge in [-0.25, -0.2) is 9.59 Å². The Morgan fingerprint density at radius 3 is 2.55 bits per heavy atom. The molecule has 20 heavy (non-hydrogen) atoms. The van der Waals surface area contributed by atoms with Crippen LogP contribution in [0.5, 0.6) is 0 Å². The molecule has 1 saturated heterocycles. The summed E-state index contributed by atoms with van der Waals surface area (Å²) in [4.78, 5) is 37.8. The van der Waals surface area contributed by atoms with E-state index < -0.39 is 24.0 Å². The second-order valence-electron chi connectivity index (χ2n) is 5.00. The zero-order valence-corrected chi connectivity index (χ0v) is 12.2. The molecule has 1 rings (SSSR count). The second kappa shape index (κ2) is 7.12. The van der Waals surface area contributed by atoms with E-state index in [4.69, 9.17) is 9.84 Å². The normalized spacial score (nSPS) is 18.2. The largest absolute Gasteiger partial charge is 0.480 e. The van der Waals surface area contributed by atoms with E-state index in [9.17, 15) is 14.4 Å². The van der Waals surface area contributed by atoms with Gasteiger partial charge in [-0.1, -0.05) is 0 Å². The number of carbonyl (C=O) groups excluding carboxylic acids is 2. The number of rotatable bonds is 5. The highest BCUT2D eigenvalue weighted by atomic mass is 16.5. The number of carbonyl (C=O) groups is 3. The third kappa shape index (κ3) is 3.85. The maximum Gasteiger partial charge on any atom is 0.326 e. The van der Waals surface area contributed by atoms with Crippen LogP contribution in [-0.2, 0) is 14.3 Å². The summed E-state index contributed by atoms with van der Waals surface area (Å²) < 4.78 is 4.84. The number of ether oxygens (including phenoxy) is 1. The van der Waals surface area contributed by atoms with Crippen molar-refractivity contribution in [3.8, 4) is 0 Å². The number of carboxylic acids is 1. The fourth-order valence-electron chi connectivity index (χ4n) is 2.23. The summed E-state index contributed by atoms with van der Waals surface area (Å²) in [6.45, 7) is 5.75. The molecule has 7 nitrogen and oxygen atoms in total. The smallest absolute Gasteiger partial charge is 0.326 e. The third-order valence-corrected chi connectivity index (χ3v) is 3.26. The summed E-state index contributed by atoms with van der Waals surface area (Å²) in [5.74, 6) is -1.49. The highest BCUT2D eigenvalue weighted by molar-refractivity contribution is 5.86. The number of aliphatic carboxylic acids is 1. The number of likely N-dealkylation sites (tertiary alicyclic amines) is 1. The van der Waals surface area contributed by atoms with Crippen LogP contribution in [0.15, 0.2) is 0 Å². The Morgan fingerprint density at radius 2 is 2.05 bits per heavy atom. The molecule has 1 fully saturated rings. The van der Waals surface area contributed by atoms with Crippen molar-refractivity contribution in [1.29, 1.82) is 0 Å². The first kappa shape index (κ1) is 16.3. The van der Waals surface area contributed by atoms with Crippen molar-refractivity contribution in [2.75, 3.05) is 19.7 Å². The third-order valence-electron chi connectivity index (χ3n) is 3.26. The van der Waals surface area contributed by atoms with Gasteiger partial charge in [0, 0.05) is 12.6 Å². The molecule has 114 valence electrons. The Hall–Kier alpha value is -1.79. The molecule has 1 aliphatic rings. The molecule has 0 aromatic heterocycles. The topological polar surface area (TPSA) is 87.2 Å². The van der Waals surface area contributed by atoms with Crippen LogP contribution < -0.4 is 0 Å². The van der Waals surface area contributed by atoms with Crippen molar-refractivity contribution in [3.05, 3.63) is 0 Å². The average Bonchev–Trinajstić information content (AvgIpc) is 2.84. The number of esters is 1. The van der Waals surface area contributed by atoms with E-state index >= 15 is 0 Å². The Bertz CT molecular complexity index is 383. The van der Waals surface area contributed by atoms with Crippen molar-refractivity contribution in [3.63, 3.8) is 0 Å². The van der Waals surface area contributed by atoms with Gasteiger partial charge in [0.25, 0.3) is 0 Å². The molecule has 0 aromatic rings. The van der Waals surface area contributed by atoms with Crippen molar-refractivity contribution < 1.29 is 24.2 Å². The molecule has 0 unspecified atom stereocenters. The predicted octanol–water partition coefficient (Wildman–Crippen LogP) is 0.929. The Kier molecular flexibility index (Phi) is 5.79. The molecule has 1 atom stereocenters. The zero-order valence-electron chi connectivity index (χ0n) is 12.2. The van der Waals surface area contributed by atoms with Crippen LogP contribution in [0.1, 0.15) is 33.6 Å². The minimum atomic E-state index is -1.00. The van der Waals surface area contributed by atoms with E-state index in [0.29, 0.717) is 19.4 Å². The molecule has 0 radical (unpaired) electrons. The van der Waals surface area contributed by atoms with Crippen LogP contribution in [0.4, 0.5) is 4.79 Å². The van der Waals surface area contributed by atoms with Crippen LogP contribution in [0.3, 0.4) is 0 Å². The fraction of sp³-hybridized carbons (Fsp3) is 0.769. The van der Waals surface area contributed by atoms with Gasteiger partial charge < -0.3 is 19.6 Å². The maximum atomic E-state index is 12.4. The Labute approximate surface area is 118 Å². The lowest BCUT2D eigenvalue weighted by Gasteiger charge is -2.32. The van der Waals surface area contributed by atoms with Crippen molar-refractivity contribution >= 4 is 18.0 Å². The van der Waals surface area contributed by atoms with Crippen LogP contribution in [0.25, 0.3) is 0 Å². The van der Waals surface area contributed by atoms with Gasteiger partial charge in [0.05, 0.1) is 6.61 Å². The van der Waals surface area contributed by atoms with Gasteiger partial charge in [0.1, 0.15) is 12.6 Å². The minimum absolute atomic E-state index is 0.160. The predicted molar refractivity (Wildman–Crippen MR) is 71.2 cm³/mol. The molecule has 7 heteroatoms. The number of hydrogen-bond acceptors (Lipinski definition) is 4. The molecule has 0 bridgehead atoms. The van der Waals surface area contributed by atoms with E-state index in [1.54, 1.807) is 20.8 Å². The molecule has 0 saturated carbocycles. The molecule has 0 aromatic carbocycles. The van der Waals surface area contributed by atoms with Crippen LogP contribution in [-0.4, -0.2) is 64.7 Å². The zero-order chi connectivity index (χ0) is 15.3. The Balaban J connectivity index is 2.78. The lowest BCUT2D eigenvalue weighted by molar-refractivity contribution is -0.144. The summed E-state index contributed by atoms with van der Waals surface area (Å²) in [5.41, 5.74) is 0. The van der Waals surface area contributed by atoms with Gasteiger partial charge in [-0.05, 0) is 33.6 Å². The van der Waals surface area contributed by atoms with E-state index in [2.05, 4.69) is 0 Å². The summed E-state index contributed by atoms with van der Waals surface area (Å²) in [6.07, 6.45) is 1.11.